The van der Waals surface area contributed by atoms with Gasteiger partial charge >= 0.3 is 0 Å². The zero-order chi connectivity index (χ0) is 19.0. The van der Waals surface area contributed by atoms with E-state index < -0.39 is 0 Å². The second kappa shape index (κ2) is 7.43. The highest BCUT2D eigenvalue weighted by molar-refractivity contribution is 9.10. The number of halogens is 1. The van der Waals surface area contributed by atoms with Gasteiger partial charge in [-0.1, -0.05) is 13.8 Å². The molecule has 140 valence electrons. The summed E-state index contributed by atoms with van der Waals surface area (Å²) in [5.74, 6) is 1.28. The average Bonchev–Trinajstić information content (AvgIpc) is 3.02. The smallest absolute Gasteiger partial charge is 0.185 e. The van der Waals surface area contributed by atoms with Crippen molar-refractivity contribution in [3.8, 4) is 0 Å². The van der Waals surface area contributed by atoms with Gasteiger partial charge in [0.2, 0.25) is 0 Å². The number of rotatable bonds is 4. The molecule has 0 radical (unpaired) electrons. The number of nitrogens with zero attached hydrogens (tertiary/aromatic N) is 3. The fraction of sp³-hybridized carbons (Fsp3) is 0.381. The van der Waals surface area contributed by atoms with E-state index in [4.69, 9.17) is 4.42 Å². The molecule has 4 heterocycles. The highest BCUT2D eigenvalue weighted by Crippen LogP contribution is 2.29. The van der Waals surface area contributed by atoms with Crippen molar-refractivity contribution < 1.29 is 9.21 Å². The third kappa shape index (κ3) is 3.76. The van der Waals surface area contributed by atoms with Crippen molar-refractivity contribution in [1.29, 1.82) is 0 Å². The van der Waals surface area contributed by atoms with Crippen LogP contribution in [0.5, 0.6) is 0 Å². The van der Waals surface area contributed by atoms with Crippen LogP contribution >= 0.6 is 15.9 Å². The summed E-state index contributed by atoms with van der Waals surface area (Å²) < 4.78 is 6.14. The normalized spacial score (nSPS) is 20.2. The molecule has 0 unspecified atom stereocenters. The van der Waals surface area contributed by atoms with Gasteiger partial charge in [0.1, 0.15) is 17.5 Å². The van der Waals surface area contributed by atoms with Crippen LogP contribution in [0.4, 0.5) is 5.69 Å². The number of ketones is 1. The van der Waals surface area contributed by atoms with Crippen molar-refractivity contribution in [2.75, 3.05) is 18.0 Å². The second-order valence-electron chi connectivity index (χ2n) is 7.58. The Balaban J connectivity index is 1.60. The molecule has 0 aliphatic carbocycles. The summed E-state index contributed by atoms with van der Waals surface area (Å²) in [6.07, 6.45) is 6.74. The Hall–Kier alpha value is -2.21. The van der Waals surface area contributed by atoms with Gasteiger partial charge in [-0.3, -0.25) is 9.78 Å². The SMILES string of the molecule is C[C@@H]1C[C@H](C)CN(c2ccncc2CC(=O)c2ccc3occ(Br)c3n2)C1. The van der Waals surface area contributed by atoms with E-state index in [9.17, 15) is 4.79 Å². The van der Waals surface area contributed by atoms with Crippen LogP contribution < -0.4 is 4.90 Å². The third-order valence-electron chi connectivity index (χ3n) is 5.10. The topological polar surface area (TPSA) is 59.2 Å². The first-order valence-electron chi connectivity index (χ1n) is 9.26. The summed E-state index contributed by atoms with van der Waals surface area (Å²) in [5.41, 5.74) is 3.85. The zero-order valence-corrected chi connectivity index (χ0v) is 17.1. The van der Waals surface area contributed by atoms with E-state index in [2.05, 4.69) is 44.6 Å². The number of aromatic nitrogens is 2. The molecule has 0 saturated carbocycles. The second-order valence-corrected chi connectivity index (χ2v) is 8.44. The molecule has 2 atom stereocenters. The molecule has 0 bridgehead atoms. The van der Waals surface area contributed by atoms with Gasteiger partial charge in [0.15, 0.2) is 11.4 Å². The third-order valence-corrected chi connectivity index (χ3v) is 5.66. The minimum absolute atomic E-state index is 0.0163. The van der Waals surface area contributed by atoms with E-state index in [1.54, 1.807) is 24.6 Å². The summed E-state index contributed by atoms with van der Waals surface area (Å²) in [6.45, 7) is 6.61. The number of fused-ring (bicyclic) bond motifs is 1. The lowest BCUT2D eigenvalue weighted by atomic mass is 9.91. The molecule has 0 N–H and O–H groups in total. The van der Waals surface area contributed by atoms with Gasteiger partial charge in [-0.2, -0.15) is 0 Å². The fourth-order valence-electron chi connectivity index (χ4n) is 4.03. The average molecular weight is 428 g/mol. The van der Waals surface area contributed by atoms with E-state index >= 15 is 0 Å². The molecule has 1 aliphatic heterocycles. The lowest BCUT2D eigenvalue weighted by Gasteiger charge is -2.37. The fourth-order valence-corrected chi connectivity index (χ4v) is 4.40. The monoisotopic (exact) mass is 427 g/mol. The minimum Gasteiger partial charge on any atom is -0.461 e. The van der Waals surface area contributed by atoms with Gasteiger partial charge in [0.25, 0.3) is 0 Å². The summed E-state index contributed by atoms with van der Waals surface area (Å²) in [7, 11) is 0. The number of carbonyl (C=O) groups excluding carboxylic acids is 1. The molecule has 0 aromatic carbocycles. The standard InChI is InChI=1S/C21H22BrN3O2/c1-13-7-14(2)11-25(10-13)18-5-6-23-9-15(18)8-19(26)17-3-4-20-21(24-17)16(22)12-27-20/h3-6,9,12-14H,7-8,10-11H2,1-2H3/t13-,14+. The van der Waals surface area contributed by atoms with Crippen molar-refractivity contribution in [3.63, 3.8) is 0 Å². The quantitative estimate of drug-likeness (QED) is 0.554. The summed E-state index contributed by atoms with van der Waals surface area (Å²) in [6, 6.07) is 5.54. The van der Waals surface area contributed by atoms with Gasteiger partial charge in [0.05, 0.1) is 4.47 Å². The predicted octanol–water partition coefficient (Wildman–Crippen LogP) is 4.89. The molecule has 27 heavy (non-hydrogen) atoms. The number of piperidine rings is 1. The van der Waals surface area contributed by atoms with Crippen LogP contribution in [0.3, 0.4) is 0 Å². The molecule has 3 aromatic rings. The van der Waals surface area contributed by atoms with E-state index in [-0.39, 0.29) is 12.2 Å². The Morgan fingerprint density at radius 1 is 1.26 bits per heavy atom. The maximum Gasteiger partial charge on any atom is 0.185 e. The first-order valence-corrected chi connectivity index (χ1v) is 10.1. The van der Waals surface area contributed by atoms with Gasteiger partial charge < -0.3 is 9.32 Å². The molecular weight excluding hydrogens is 406 g/mol. The maximum absolute atomic E-state index is 12.9. The summed E-state index contributed by atoms with van der Waals surface area (Å²) in [4.78, 5) is 24.0. The Bertz CT molecular complexity index is 974. The Morgan fingerprint density at radius 3 is 2.81 bits per heavy atom. The van der Waals surface area contributed by atoms with Crippen LogP contribution in [0, 0.1) is 11.8 Å². The molecule has 6 heteroatoms. The number of pyridine rings is 2. The minimum atomic E-state index is -0.0163. The van der Waals surface area contributed by atoms with Crippen LogP contribution in [-0.4, -0.2) is 28.8 Å². The van der Waals surface area contributed by atoms with Gasteiger partial charge in [0, 0.05) is 43.2 Å². The number of anilines is 1. The number of hydrogen-bond acceptors (Lipinski definition) is 5. The Kier molecular flexibility index (Phi) is 5.00. The maximum atomic E-state index is 12.9. The Morgan fingerprint density at radius 2 is 2.04 bits per heavy atom. The molecule has 4 rings (SSSR count). The first kappa shape index (κ1) is 18.2. The summed E-state index contributed by atoms with van der Waals surface area (Å²) >= 11 is 3.41. The van der Waals surface area contributed by atoms with Crippen molar-refractivity contribution in [1.82, 2.24) is 9.97 Å². The first-order chi connectivity index (χ1) is 13.0. The van der Waals surface area contributed by atoms with Gasteiger partial charge in [-0.05, 0) is 52.4 Å². The van der Waals surface area contributed by atoms with Crippen LogP contribution in [0.15, 0.2) is 45.7 Å². The molecule has 1 aliphatic rings. The van der Waals surface area contributed by atoms with E-state index in [1.165, 1.54) is 6.42 Å². The van der Waals surface area contributed by atoms with Crippen molar-refractivity contribution in [2.24, 2.45) is 11.8 Å². The van der Waals surface area contributed by atoms with Gasteiger partial charge in [-0.15, -0.1) is 0 Å². The predicted molar refractivity (Wildman–Crippen MR) is 109 cm³/mol. The lowest BCUT2D eigenvalue weighted by Crippen LogP contribution is -2.39. The number of furan rings is 1. The van der Waals surface area contributed by atoms with Crippen molar-refractivity contribution >= 4 is 38.5 Å². The molecular formula is C21H22BrN3O2. The Labute approximate surface area is 166 Å². The van der Waals surface area contributed by atoms with Crippen molar-refractivity contribution in [3.05, 3.63) is 52.6 Å². The van der Waals surface area contributed by atoms with Crippen LogP contribution in [0.2, 0.25) is 0 Å². The number of hydrogen-bond donors (Lipinski definition) is 0. The molecule has 3 aromatic heterocycles. The lowest BCUT2D eigenvalue weighted by molar-refractivity contribution is 0.0988. The van der Waals surface area contributed by atoms with Crippen LogP contribution in [0.25, 0.3) is 11.1 Å². The van der Waals surface area contributed by atoms with E-state index in [1.807, 2.05) is 12.3 Å². The molecule has 0 amide bonds. The van der Waals surface area contributed by atoms with Crippen LogP contribution in [0.1, 0.15) is 36.3 Å². The number of Topliss-reactive ketones (excluding diaryl/α,β-unsaturated/α-hetero) is 1. The zero-order valence-electron chi connectivity index (χ0n) is 15.5. The molecule has 5 nitrogen and oxygen atoms in total. The largest absolute Gasteiger partial charge is 0.461 e. The van der Waals surface area contributed by atoms with Gasteiger partial charge in [-0.25, -0.2) is 4.98 Å². The van der Waals surface area contributed by atoms with E-state index in [0.717, 1.165) is 28.8 Å². The van der Waals surface area contributed by atoms with Crippen molar-refractivity contribution in [2.45, 2.75) is 26.7 Å². The number of carbonyl (C=O) groups is 1. The molecule has 0 spiro atoms. The van der Waals surface area contributed by atoms with Crippen LogP contribution in [-0.2, 0) is 6.42 Å². The molecule has 1 fully saturated rings. The van der Waals surface area contributed by atoms with E-state index in [0.29, 0.717) is 28.6 Å². The highest BCUT2D eigenvalue weighted by Gasteiger charge is 2.24. The summed E-state index contributed by atoms with van der Waals surface area (Å²) in [5, 5.41) is 0. The molecule has 1 saturated heterocycles. The highest BCUT2D eigenvalue weighted by atomic mass is 79.9.